The quantitative estimate of drug-likeness (QED) is 0.469. The molecule has 1 fully saturated rings. The first kappa shape index (κ1) is 25.7. The van der Waals surface area contributed by atoms with Gasteiger partial charge in [-0.2, -0.15) is 0 Å². The van der Waals surface area contributed by atoms with Gasteiger partial charge in [0.2, 0.25) is 0 Å². The second kappa shape index (κ2) is 11.6. The van der Waals surface area contributed by atoms with Crippen LogP contribution in [0.4, 0.5) is 5.69 Å². The summed E-state index contributed by atoms with van der Waals surface area (Å²) in [4.78, 5) is 30.9. The Morgan fingerprint density at radius 3 is 2.36 bits per heavy atom. The number of hydrogen-bond acceptors (Lipinski definition) is 4. The summed E-state index contributed by atoms with van der Waals surface area (Å²) in [6, 6.07) is 18.4. The lowest BCUT2D eigenvalue weighted by Crippen LogP contribution is -2.50. The molecule has 1 aromatic heterocycles. The van der Waals surface area contributed by atoms with Gasteiger partial charge in [0, 0.05) is 57.3 Å². The van der Waals surface area contributed by atoms with Crippen LogP contribution in [0.3, 0.4) is 0 Å². The fourth-order valence-corrected chi connectivity index (χ4v) is 5.11. The Labute approximate surface area is 214 Å². The number of pyridine rings is 1. The molecule has 6 nitrogen and oxygen atoms in total. The van der Waals surface area contributed by atoms with Gasteiger partial charge in [-0.3, -0.25) is 9.59 Å². The normalized spacial score (nSPS) is 13.8. The van der Waals surface area contributed by atoms with E-state index >= 15 is 0 Å². The lowest BCUT2D eigenvalue weighted by atomic mass is 10.1. The second-order valence-corrected chi connectivity index (χ2v) is 9.71. The summed E-state index contributed by atoms with van der Waals surface area (Å²) < 4.78 is 7.57. The highest BCUT2D eigenvalue weighted by Crippen LogP contribution is 2.24. The molecule has 6 heteroatoms. The van der Waals surface area contributed by atoms with Gasteiger partial charge >= 0.3 is 0 Å². The molecule has 3 aromatic rings. The first-order valence-corrected chi connectivity index (χ1v) is 12.8. The highest BCUT2D eigenvalue weighted by Gasteiger charge is 2.28. The molecule has 0 N–H and O–H groups in total. The Kier molecular flexibility index (Phi) is 8.26. The fourth-order valence-electron chi connectivity index (χ4n) is 5.11. The maximum atomic E-state index is 13.7. The number of aryl methyl sites for hydroxylation is 4. The number of piperazine rings is 1. The van der Waals surface area contributed by atoms with E-state index in [4.69, 9.17) is 4.74 Å². The summed E-state index contributed by atoms with van der Waals surface area (Å²) in [6.07, 6.45) is 1.84. The van der Waals surface area contributed by atoms with Crippen molar-refractivity contribution >= 4 is 11.6 Å². The zero-order valence-corrected chi connectivity index (χ0v) is 21.9. The third-order valence-corrected chi connectivity index (χ3v) is 7.08. The zero-order chi connectivity index (χ0) is 25.7. The van der Waals surface area contributed by atoms with E-state index in [2.05, 4.69) is 53.6 Å². The minimum atomic E-state index is -0.221. The summed E-state index contributed by atoms with van der Waals surface area (Å²) >= 11 is 0. The van der Waals surface area contributed by atoms with Crippen molar-refractivity contribution in [2.75, 3.05) is 38.2 Å². The van der Waals surface area contributed by atoms with Gasteiger partial charge in [-0.15, -0.1) is 0 Å². The number of aromatic nitrogens is 1. The summed E-state index contributed by atoms with van der Waals surface area (Å²) in [7, 11) is 1.61. The number of carbonyl (C=O) groups excluding carboxylic acids is 1. The van der Waals surface area contributed by atoms with Crippen LogP contribution in [0.15, 0.2) is 59.4 Å². The van der Waals surface area contributed by atoms with Crippen LogP contribution >= 0.6 is 0 Å². The van der Waals surface area contributed by atoms with Gasteiger partial charge in [0.1, 0.15) is 5.56 Å². The smallest absolute Gasteiger partial charge is 0.259 e. The number of nitrogens with zero attached hydrogens (tertiary/aromatic N) is 3. The van der Waals surface area contributed by atoms with Crippen LogP contribution in [0.1, 0.15) is 44.9 Å². The van der Waals surface area contributed by atoms with Crippen molar-refractivity contribution in [2.24, 2.45) is 0 Å². The van der Waals surface area contributed by atoms with Crippen molar-refractivity contribution in [1.82, 2.24) is 9.47 Å². The first-order chi connectivity index (χ1) is 17.4. The van der Waals surface area contributed by atoms with Gasteiger partial charge in [0.05, 0.1) is 12.3 Å². The molecule has 36 heavy (non-hydrogen) atoms. The summed E-state index contributed by atoms with van der Waals surface area (Å²) in [5, 5.41) is 0. The van der Waals surface area contributed by atoms with Gasteiger partial charge in [0.15, 0.2) is 5.43 Å². The number of rotatable bonds is 8. The van der Waals surface area contributed by atoms with E-state index in [1.54, 1.807) is 13.2 Å². The molecule has 1 amide bonds. The van der Waals surface area contributed by atoms with Gasteiger partial charge in [-0.25, -0.2) is 0 Å². The highest BCUT2D eigenvalue weighted by atomic mass is 16.5. The molecule has 190 valence electrons. The monoisotopic (exact) mass is 487 g/mol. The van der Waals surface area contributed by atoms with Crippen LogP contribution in [-0.2, 0) is 24.3 Å². The van der Waals surface area contributed by atoms with Crippen molar-refractivity contribution < 1.29 is 9.53 Å². The average molecular weight is 488 g/mol. The SMILES string of the molecule is COCc1c(C(=O)N2CCN(c3cc(C)ccc3C)CC2)c(=O)cc(C)n1CCCc1ccccc1. The molecule has 0 radical (unpaired) electrons. The topological polar surface area (TPSA) is 54.8 Å². The number of benzene rings is 2. The Hall–Kier alpha value is -3.38. The van der Waals surface area contributed by atoms with Gasteiger partial charge in [0.25, 0.3) is 5.91 Å². The molecule has 1 saturated heterocycles. The molecular formula is C30H37N3O3. The summed E-state index contributed by atoms with van der Waals surface area (Å²) in [5.41, 5.74) is 6.53. The maximum Gasteiger partial charge on any atom is 0.259 e. The molecule has 0 atom stereocenters. The Bertz CT molecular complexity index is 1260. The van der Waals surface area contributed by atoms with Gasteiger partial charge < -0.3 is 19.1 Å². The predicted octanol–water partition coefficient (Wildman–Crippen LogP) is 4.52. The largest absolute Gasteiger partial charge is 0.378 e. The number of amides is 1. The van der Waals surface area contributed by atoms with E-state index in [0.29, 0.717) is 18.8 Å². The molecule has 0 bridgehead atoms. The molecule has 2 heterocycles. The van der Waals surface area contributed by atoms with E-state index in [1.165, 1.54) is 22.4 Å². The minimum Gasteiger partial charge on any atom is -0.378 e. The van der Waals surface area contributed by atoms with Crippen molar-refractivity contribution in [3.63, 3.8) is 0 Å². The molecule has 2 aromatic carbocycles. The molecule has 1 aliphatic rings. The summed E-state index contributed by atoms with van der Waals surface area (Å²) in [6.45, 7) is 9.75. The lowest BCUT2D eigenvalue weighted by Gasteiger charge is -2.37. The van der Waals surface area contributed by atoms with E-state index < -0.39 is 0 Å². The lowest BCUT2D eigenvalue weighted by molar-refractivity contribution is 0.0738. The van der Waals surface area contributed by atoms with Crippen LogP contribution in [0.25, 0.3) is 0 Å². The van der Waals surface area contributed by atoms with Crippen LogP contribution in [0.5, 0.6) is 0 Å². The number of methoxy groups -OCH3 is 1. The molecule has 0 saturated carbocycles. The highest BCUT2D eigenvalue weighted by molar-refractivity contribution is 5.95. The van der Waals surface area contributed by atoms with Crippen LogP contribution < -0.4 is 10.3 Å². The Morgan fingerprint density at radius 2 is 1.67 bits per heavy atom. The average Bonchev–Trinajstić information content (AvgIpc) is 2.88. The zero-order valence-electron chi connectivity index (χ0n) is 21.9. The van der Waals surface area contributed by atoms with E-state index in [-0.39, 0.29) is 23.5 Å². The fraction of sp³-hybridized carbons (Fsp3) is 0.400. The standard InChI is InChI=1S/C30H37N3O3/c1-22-12-13-23(2)26(19-22)31-15-17-32(18-16-31)30(35)29-27(21-36-4)33(24(3)20-28(29)34)14-8-11-25-9-6-5-7-10-25/h5-7,9-10,12-13,19-20H,8,11,14-18,21H2,1-4H3. The summed E-state index contributed by atoms with van der Waals surface area (Å²) in [5.74, 6) is -0.190. The van der Waals surface area contributed by atoms with E-state index in [0.717, 1.165) is 38.2 Å². The van der Waals surface area contributed by atoms with Crippen LogP contribution in [0.2, 0.25) is 0 Å². The number of hydrogen-bond donors (Lipinski definition) is 0. The van der Waals surface area contributed by atoms with E-state index in [1.807, 2.05) is 30.0 Å². The Morgan fingerprint density at radius 1 is 0.944 bits per heavy atom. The van der Waals surface area contributed by atoms with Crippen LogP contribution in [-0.4, -0.2) is 48.7 Å². The molecular weight excluding hydrogens is 450 g/mol. The van der Waals surface area contributed by atoms with Gasteiger partial charge in [-0.05, 0) is 56.4 Å². The maximum absolute atomic E-state index is 13.7. The number of anilines is 1. The number of carbonyl (C=O) groups is 1. The molecule has 0 aliphatic carbocycles. The molecule has 4 rings (SSSR count). The van der Waals surface area contributed by atoms with Crippen molar-refractivity contribution in [3.8, 4) is 0 Å². The molecule has 1 aliphatic heterocycles. The third-order valence-electron chi connectivity index (χ3n) is 7.08. The minimum absolute atomic E-state index is 0.190. The second-order valence-electron chi connectivity index (χ2n) is 9.71. The van der Waals surface area contributed by atoms with Crippen molar-refractivity contribution in [3.05, 3.63) is 98.5 Å². The van der Waals surface area contributed by atoms with Gasteiger partial charge in [-0.1, -0.05) is 42.5 Å². The van der Waals surface area contributed by atoms with E-state index in [9.17, 15) is 9.59 Å². The number of ether oxygens (including phenoxy) is 1. The molecule has 0 unspecified atom stereocenters. The van der Waals surface area contributed by atoms with Crippen molar-refractivity contribution in [2.45, 2.75) is 46.8 Å². The van der Waals surface area contributed by atoms with Crippen LogP contribution in [0, 0.1) is 20.8 Å². The third kappa shape index (κ3) is 5.71. The van der Waals surface area contributed by atoms with Crippen molar-refractivity contribution in [1.29, 1.82) is 0 Å². The molecule has 0 spiro atoms. The Balaban J connectivity index is 1.53. The predicted molar refractivity (Wildman–Crippen MR) is 145 cm³/mol. The first-order valence-electron chi connectivity index (χ1n) is 12.8.